The third kappa shape index (κ3) is 3.74. The highest BCUT2D eigenvalue weighted by atomic mass is 35.5. The van der Waals surface area contributed by atoms with E-state index < -0.39 is 0 Å². The summed E-state index contributed by atoms with van der Waals surface area (Å²) in [6.45, 7) is 2.64. The molecule has 3 aliphatic carbocycles. The fourth-order valence-corrected chi connectivity index (χ4v) is 6.77. The molecule has 31 heavy (non-hydrogen) atoms. The number of halogens is 1. The predicted octanol–water partition coefficient (Wildman–Crippen LogP) is 6.38. The second kappa shape index (κ2) is 8.33. The van der Waals surface area contributed by atoms with Crippen molar-refractivity contribution in [1.29, 1.82) is 0 Å². The van der Waals surface area contributed by atoms with Crippen molar-refractivity contribution in [2.24, 2.45) is 11.8 Å². The standard InChI is InChI=1S/C27H33NO2.ClH/c1-29-21-9-11-22(12-10-21)30-23-8-7-20-16-26-24-4-2-3-13-27(24,25(20)17-23)14-15-28(26)18-19-5-6-19;/h7-12,17,19,24,26H,2-6,13-16,18H2,1H3;1H/t24-,26+,27+;/m0./s1. The Balaban J connectivity index is 0.00000204. The molecule has 4 heteroatoms. The third-order valence-corrected chi connectivity index (χ3v) is 8.41. The Morgan fingerprint density at radius 1 is 0.935 bits per heavy atom. The van der Waals surface area contributed by atoms with Gasteiger partial charge in [-0.05, 0) is 104 Å². The SMILES string of the molecule is COc1ccc(Oc2ccc3c(c2)[C@@]24CCCC[C@H]2[C@@H](C3)N(CC2CC2)CC4)cc1.Cl. The Hall–Kier alpha value is -1.71. The topological polar surface area (TPSA) is 21.7 Å². The van der Waals surface area contributed by atoms with E-state index in [1.54, 1.807) is 18.2 Å². The smallest absolute Gasteiger partial charge is 0.127 e. The Kier molecular flexibility index (Phi) is 5.68. The van der Waals surface area contributed by atoms with Gasteiger partial charge in [-0.25, -0.2) is 0 Å². The van der Waals surface area contributed by atoms with E-state index in [1.807, 2.05) is 24.3 Å². The third-order valence-electron chi connectivity index (χ3n) is 8.41. The quantitative estimate of drug-likeness (QED) is 0.539. The van der Waals surface area contributed by atoms with Gasteiger partial charge in [-0.15, -0.1) is 12.4 Å². The summed E-state index contributed by atoms with van der Waals surface area (Å²) in [6, 6.07) is 15.6. The van der Waals surface area contributed by atoms with Crippen LogP contribution in [0.1, 0.15) is 56.1 Å². The number of methoxy groups -OCH3 is 1. The number of piperidine rings is 1. The number of fused-ring (bicyclic) bond motifs is 1. The van der Waals surface area contributed by atoms with E-state index in [-0.39, 0.29) is 12.4 Å². The molecule has 2 aromatic carbocycles. The molecular formula is C27H34ClNO2. The van der Waals surface area contributed by atoms with Crippen LogP contribution in [0.15, 0.2) is 42.5 Å². The lowest BCUT2D eigenvalue weighted by Crippen LogP contribution is -2.61. The highest BCUT2D eigenvalue weighted by Gasteiger charge is 2.54. The number of nitrogens with zero attached hydrogens (tertiary/aromatic N) is 1. The molecule has 0 aromatic heterocycles. The first-order chi connectivity index (χ1) is 14.7. The number of benzene rings is 2. The number of rotatable bonds is 5. The zero-order chi connectivity index (χ0) is 20.1. The normalized spacial score (nSPS) is 29.3. The molecule has 3 atom stereocenters. The summed E-state index contributed by atoms with van der Waals surface area (Å²) < 4.78 is 11.5. The van der Waals surface area contributed by atoms with E-state index in [1.165, 1.54) is 64.5 Å². The van der Waals surface area contributed by atoms with Crippen molar-refractivity contribution in [3.8, 4) is 17.2 Å². The highest BCUT2D eigenvalue weighted by Crippen LogP contribution is 2.56. The molecule has 4 aliphatic rings. The van der Waals surface area contributed by atoms with Gasteiger partial charge in [0, 0.05) is 18.0 Å². The first kappa shape index (κ1) is 21.2. The van der Waals surface area contributed by atoms with Crippen LogP contribution >= 0.6 is 12.4 Å². The van der Waals surface area contributed by atoms with E-state index in [0.717, 1.165) is 35.1 Å². The molecule has 0 N–H and O–H groups in total. The van der Waals surface area contributed by atoms with Crippen molar-refractivity contribution in [1.82, 2.24) is 4.90 Å². The van der Waals surface area contributed by atoms with Gasteiger partial charge in [0.1, 0.15) is 17.2 Å². The molecule has 0 amide bonds. The van der Waals surface area contributed by atoms with Crippen LogP contribution in [0.3, 0.4) is 0 Å². The van der Waals surface area contributed by atoms with Gasteiger partial charge in [0.25, 0.3) is 0 Å². The monoisotopic (exact) mass is 439 g/mol. The van der Waals surface area contributed by atoms with Gasteiger partial charge in [-0.2, -0.15) is 0 Å². The molecular weight excluding hydrogens is 406 g/mol. The van der Waals surface area contributed by atoms with Crippen LogP contribution in [0.2, 0.25) is 0 Å². The van der Waals surface area contributed by atoms with E-state index in [4.69, 9.17) is 9.47 Å². The molecule has 1 aliphatic heterocycles. The minimum absolute atomic E-state index is 0. The maximum absolute atomic E-state index is 6.27. The molecule has 2 saturated carbocycles. The van der Waals surface area contributed by atoms with Crippen molar-refractivity contribution in [2.45, 2.75) is 62.8 Å². The molecule has 166 valence electrons. The lowest BCUT2D eigenvalue weighted by atomic mass is 9.52. The van der Waals surface area contributed by atoms with Crippen LogP contribution in [0.25, 0.3) is 0 Å². The Bertz CT molecular complexity index is 925. The van der Waals surface area contributed by atoms with Gasteiger partial charge in [-0.1, -0.05) is 18.9 Å². The Morgan fingerprint density at radius 2 is 1.71 bits per heavy atom. The molecule has 3 fully saturated rings. The number of ether oxygens (including phenoxy) is 2. The maximum Gasteiger partial charge on any atom is 0.127 e. The molecule has 3 nitrogen and oxygen atoms in total. The molecule has 1 heterocycles. The van der Waals surface area contributed by atoms with Crippen molar-refractivity contribution < 1.29 is 9.47 Å². The van der Waals surface area contributed by atoms with Gasteiger partial charge in [0.05, 0.1) is 7.11 Å². The molecule has 1 saturated heterocycles. The fourth-order valence-electron chi connectivity index (χ4n) is 6.77. The van der Waals surface area contributed by atoms with E-state index in [9.17, 15) is 0 Å². The lowest BCUT2D eigenvalue weighted by Gasteiger charge is -2.59. The molecule has 0 unspecified atom stereocenters. The molecule has 2 aromatic rings. The van der Waals surface area contributed by atoms with Crippen LogP contribution in [-0.4, -0.2) is 31.1 Å². The van der Waals surface area contributed by atoms with Gasteiger partial charge < -0.3 is 9.47 Å². The fraction of sp³-hybridized carbons (Fsp3) is 0.556. The van der Waals surface area contributed by atoms with Crippen LogP contribution in [0.4, 0.5) is 0 Å². The summed E-state index contributed by atoms with van der Waals surface area (Å²) in [4.78, 5) is 2.89. The van der Waals surface area contributed by atoms with Gasteiger partial charge in [0.15, 0.2) is 0 Å². The van der Waals surface area contributed by atoms with E-state index >= 15 is 0 Å². The second-order valence-corrected chi connectivity index (χ2v) is 10.1. The predicted molar refractivity (Wildman–Crippen MR) is 127 cm³/mol. The largest absolute Gasteiger partial charge is 0.497 e. The van der Waals surface area contributed by atoms with Crippen LogP contribution in [0, 0.1) is 11.8 Å². The van der Waals surface area contributed by atoms with Crippen LogP contribution in [0.5, 0.6) is 17.2 Å². The van der Waals surface area contributed by atoms with E-state index in [0.29, 0.717) is 5.41 Å². The minimum Gasteiger partial charge on any atom is -0.497 e. The second-order valence-electron chi connectivity index (χ2n) is 10.1. The molecule has 2 bridgehead atoms. The van der Waals surface area contributed by atoms with Gasteiger partial charge in [-0.3, -0.25) is 4.90 Å². The number of hydrogen-bond acceptors (Lipinski definition) is 3. The first-order valence-electron chi connectivity index (χ1n) is 11.9. The zero-order valence-corrected chi connectivity index (χ0v) is 19.3. The number of likely N-dealkylation sites (tertiary alicyclic amines) is 1. The summed E-state index contributed by atoms with van der Waals surface area (Å²) >= 11 is 0. The first-order valence-corrected chi connectivity index (χ1v) is 11.9. The molecule has 0 radical (unpaired) electrons. The van der Waals surface area contributed by atoms with Crippen molar-refractivity contribution in [3.63, 3.8) is 0 Å². The average Bonchev–Trinajstić information content (AvgIpc) is 3.61. The van der Waals surface area contributed by atoms with Crippen molar-refractivity contribution >= 4 is 12.4 Å². The Morgan fingerprint density at radius 3 is 2.48 bits per heavy atom. The summed E-state index contributed by atoms with van der Waals surface area (Å²) in [5.41, 5.74) is 3.58. The lowest BCUT2D eigenvalue weighted by molar-refractivity contribution is -0.0134. The van der Waals surface area contributed by atoms with Crippen molar-refractivity contribution in [3.05, 3.63) is 53.6 Å². The van der Waals surface area contributed by atoms with Crippen LogP contribution < -0.4 is 9.47 Å². The zero-order valence-electron chi connectivity index (χ0n) is 18.5. The maximum atomic E-state index is 6.27. The summed E-state index contributed by atoms with van der Waals surface area (Å²) in [5, 5.41) is 0. The summed E-state index contributed by atoms with van der Waals surface area (Å²) in [6.07, 6.45) is 11.1. The van der Waals surface area contributed by atoms with Gasteiger partial charge in [0.2, 0.25) is 0 Å². The minimum atomic E-state index is 0. The molecule has 0 spiro atoms. The Labute approximate surface area is 192 Å². The van der Waals surface area contributed by atoms with E-state index in [2.05, 4.69) is 23.1 Å². The molecule has 6 rings (SSSR count). The average molecular weight is 440 g/mol. The van der Waals surface area contributed by atoms with Gasteiger partial charge >= 0.3 is 0 Å². The summed E-state index contributed by atoms with van der Waals surface area (Å²) in [5.74, 6) is 4.55. The number of hydrogen-bond donors (Lipinski definition) is 0. The van der Waals surface area contributed by atoms with Crippen LogP contribution in [-0.2, 0) is 11.8 Å². The summed E-state index contributed by atoms with van der Waals surface area (Å²) in [7, 11) is 1.70. The highest BCUT2D eigenvalue weighted by molar-refractivity contribution is 5.85. The van der Waals surface area contributed by atoms with Crippen molar-refractivity contribution in [2.75, 3.05) is 20.2 Å².